The van der Waals surface area contributed by atoms with Gasteiger partial charge in [-0.1, -0.05) is 0 Å². The largest absolute Gasteiger partial charge is 0.397 e. The molecule has 0 bridgehead atoms. The topological polar surface area (TPSA) is 85.0 Å². The van der Waals surface area contributed by atoms with Crippen LogP contribution in [0.4, 0.5) is 10.1 Å². The number of carbonyl (C=O) groups excluding carboxylic acids is 1. The van der Waals surface area contributed by atoms with Gasteiger partial charge in [-0.25, -0.2) is 4.39 Å². The van der Waals surface area contributed by atoms with Gasteiger partial charge in [-0.15, -0.1) is 0 Å². The zero-order valence-corrected chi connectivity index (χ0v) is 13.9. The molecule has 0 spiro atoms. The summed E-state index contributed by atoms with van der Waals surface area (Å²) >= 11 is 0. The quantitative estimate of drug-likeness (QED) is 0.784. The first-order valence-electron chi connectivity index (χ1n) is 8.17. The van der Waals surface area contributed by atoms with Crippen molar-refractivity contribution >= 4 is 11.6 Å². The maximum atomic E-state index is 13.3. The fourth-order valence-corrected chi connectivity index (χ4v) is 2.99. The second kappa shape index (κ2) is 6.51. The molecule has 1 amide bonds. The molecule has 1 aliphatic rings. The van der Waals surface area contributed by atoms with Gasteiger partial charge in [0.1, 0.15) is 5.82 Å². The maximum Gasteiger partial charge on any atom is 0.229 e. The van der Waals surface area contributed by atoms with Crippen molar-refractivity contribution in [3.8, 4) is 11.3 Å². The van der Waals surface area contributed by atoms with Gasteiger partial charge in [0.15, 0.2) is 0 Å². The molecule has 3 aromatic rings. The summed E-state index contributed by atoms with van der Waals surface area (Å²) in [6.45, 7) is 0.720. The first kappa shape index (κ1) is 16.1. The first-order valence-corrected chi connectivity index (χ1v) is 8.17. The summed E-state index contributed by atoms with van der Waals surface area (Å²) in [7, 11) is 0. The summed E-state index contributed by atoms with van der Waals surface area (Å²) < 4.78 is 13.3. The van der Waals surface area contributed by atoms with Crippen LogP contribution in [0.15, 0.2) is 48.9 Å². The molecule has 4 heterocycles. The van der Waals surface area contributed by atoms with E-state index in [-0.39, 0.29) is 12.3 Å². The van der Waals surface area contributed by atoms with E-state index in [4.69, 9.17) is 5.73 Å². The van der Waals surface area contributed by atoms with Gasteiger partial charge in [0.05, 0.1) is 41.9 Å². The van der Waals surface area contributed by atoms with Crippen molar-refractivity contribution in [2.24, 2.45) is 0 Å². The molecule has 0 atom stereocenters. The molecule has 0 radical (unpaired) electrons. The van der Waals surface area contributed by atoms with E-state index in [9.17, 15) is 9.18 Å². The smallest absolute Gasteiger partial charge is 0.229 e. The van der Waals surface area contributed by atoms with Gasteiger partial charge in [-0.05, 0) is 35.9 Å². The highest BCUT2D eigenvalue weighted by Crippen LogP contribution is 2.24. The molecule has 0 saturated heterocycles. The van der Waals surface area contributed by atoms with E-state index >= 15 is 0 Å². The minimum atomic E-state index is -0.395. The lowest BCUT2D eigenvalue weighted by Crippen LogP contribution is -2.27. The zero-order chi connectivity index (χ0) is 18.1. The third kappa shape index (κ3) is 3.11. The Kier molecular flexibility index (Phi) is 4.04. The highest BCUT2D eigenvalue weighted by molar-refractivity contribution is 5.80. The van der Waals surface area contributed by atoms with Crippen molar-refractivity contribution in [2.75, 3.05) is 5.73 Å². The maximum absolute atomic E-state index is 13.3. The van der Waals surface area contributed by atoms with Crippen LogP contribution in [0.25, 0.3) is 11.3 Å². The molecule has 7 heteroatoms. The summed E-state index contributed by atoms with van der Waals surface area (Å²) in [6.07, 6.45) is 4.65. The molecular formula is C19H16FN5O. The summed E-state index contributed by atoms with van der Waals surface area (Å²) in [6, 6.07) is 8.69. The van der Waals surface area contributed by atoms with Crippen LogP contribution in [0.5, 0.6) is 0 Å². The van der Waals surface area contributed by atoms with E-state index in [1.807, 2.05) is 12.1 Å². The fraction of sp³-hybridized carbons (Fsp3) is 0.158. The molecular weight excluding hydrogens is 333 g/mol. The van der Waals surface area contributed by atoms with E-state index < -0.39 is 5.82 Å². The second-order valence-corrected chi connectivity index (χ2v) is 6.16. The monoisotopic (exact) mass is 349 g/mol. The first-order chi connectivity index (χ1) is 12.6. The highest BCUT2D eigenvalue weighted by atomic mass is 19.1. The summed E-state index contributed by atoms with van der Waals surface area (Å²) in [5, 5.41) is 0. The Morgan fingerprint density at radius 1 is 1.23 bits per heavy atom. The van der Waals surface area contributed by atoms with Gasteiger partial charge in [-0.3, -0.25) is 19.7 Å². The average molecular weight is 349 g/mol. The number of hydrogen-bond donors (Lipinski definition) is 1. The number of amides is 1. The van der Waals surface area contributed by atoms with Crippen molar-refractivity contribution in [1.82, 2.24) is 19.9 Å². The van der Waals surface area contributed by atoms with Gasteiger partial charge < -0.3 is 10.6 Å². The van der Waals surface area contributed by atoms with E-state index in [1.54, 1.807) is 29.4 Å². The standard InChI is InChI=1S/C19H16FN5O/c20-14-6-13-10-25(11-18(13)23-9-14)19(26)7-17-15(21)3-4-16(24-17)12-2-1-5-22-8-12/h1-6,8-9H,7,10-11,21H2. The van der Waals surface area contributed by atoms with Crippen LogP contribution in [-0.4, -0.2) is 25.8 Å². The van der Waals surface area contributed by atoms with Crippen molar-refractivity contribution < 1.29 is 9.18 Å². The Morgan fingerprint density at radius 3 is 2.92 bits per heavy atom. The van der Waals surface area contributed by atoms with Crippen LogP contribution in [0, 0.1) is 5.82 Å². The van der Waals surface area contributed by atoms with Crippen LogP contribution < -0.4 is 5.73 Å². The zero-order valence-electron chi connectivity index (χ0n) is 13.9. The predicted molar refractivity (Wildman–Crippen MR) is 94.0 cm³/mol. The van der Waals surface area contributed by atoms with E-state index in [0.29, 0.717) is 30.2 Å². The number of aromatic nitrogens is 3. The van der Waals surface area contributed by atoms with Crippen molar-refractivity contribution in [3.05, 3.63) is 71.7 Å². The van der Waals surface area contributed by atoms with Crippen molar-refractivity contribution in [1.29, 1.82) is 0 Å². The molecule has 6 nitrogen and oxygen atoms in total. The third-order valence-electron chi connectivity index (χ3n) is 4.37. The highest BCUT2D eigenvalue weighted by Gasteiger charge is 2.25. The van der Waals surface area contributed by atoms with Gasteiger partial charge in [0.25, 0.3) is 0 Å². The van der Waals surface area contributed by atoms with Crippen LogP contribution >= 0.6 is 0 Å². The van der Waals surface area contributed by atoms with Gasteiger partial charge >= 0.3 is 0 Å². The Balaban J connectivity index is 1.53. The van der Waals surface area contributed by atoms with Crippen LogP contribution in [0.1, 0.15) is 17.0 Å². The van der Waals surface area contributed by atoms with Gasteiger partial charge in [0.2, 0.25) is 5.91 Å². The molecule has 26 heavy (non-hydrogen) atoms. The number of rotatable bonds is 3. The normalized spacial score (nSPS) is 12.9. The minimum absolute atomic E-state index is 0.0798. The summed E-state index contributed by atoms with van der Waals surface area (Å²) in [5.41, 5.74) is 10.0. The molecule has 0 aromatic carbocycles. The molecule has 130 valence electrons. The predicted octanol–water partition coefficient (Wildman–Crippen LogP) is 2.34. The molecule has 4 rings (SSSR count). The van der Waals surface area contributed by atoms with E-state index in [1.165, 1.54) is 12.3 Å². The number of carbonyl (C=O) groups is 1. The van der Waals surface area contributed by atoms with Gasteiger partial charge in [0, 0.05) is 24.5 Å². The van der Waals surface area contributed by atoms with Gasteiger partial charge in [-0.2, -0.15) is 0 Å². The summed E-state index contributed by atoms with van der Waals surface area (Å²) in [5.74, 6) is -0.515. The molecule has 0 unspecified atom stereocenters. The number of nitrogens with zero attached hydrogens (tertiary/aromatic N) is 4. The second-order valence-electron chi connectivity index (χ2n) is 6.16. The number of nitrogen functional groups attached to an aromatic ring is 1. The lowest BCUT2D eigenvalue weighted by molar-refractivity contribution is -0.131. The minimum Gasteiger partial charge on any atom is -0.397 e. The molecule has 0 saturated carbocycles. The number of halogens is 1. The molecule has 0 aliphatic carbocycles. The van der Waals surface area contributed by atoms with Crippen LogP contribution in [0.2, 0.25) is 0 Å². The Morgan fingerprint density at radius 2 is 2.12 bits per heavy atom. The lowest BCUT2D eigenvalue weighted by Gasteiger charge is -2.16. The Labute approximate surface area is 149 Å². The van der Waals surface area contributed by atoms with Crippen LogP contribution in [0.3, 0.4) is 0 Å². The van der Waals surface area contributed by atoms with E-state index in [0.717, 1.165) is 16.8 Å². The number of nitrogens with two attached hydrogens (primary N) is 1. The molecule has 0 fully saturated rings. The third-order valence-corrected chi connectivity index (χ3v) is 4.37. The lowest BCUT2D eigenvalue weighted by atomic mass is 10.1. The Bertz CT molecular complexity index is 977. The van der Waals surface area contributed by atoms with Crippen molar-refractivity contribution in [2.45, 2.75) is 19.5 Å². The fourth-order valence-electron chi connectivity index (χ4n) is 2.99. The van der Waals surface area contributed by atoms with Crippen LogP contribution in [-0.2, 0) is 24.3 Å². The molecule has 3 aromatic heterocycles. The number of pyridine rings is 3. The summed E-state index contributed by atoms with van der Waals surface area (Å²) in [4.78, 5) is 27.0. The molecule has 2 N–H and O–H groups in total. The average Bonchev–Trinajstić information content (AvgIpc) is 3.07. The Hall–Kier alpha value is -3.35. The molecule has 1 aliphatic heterocycles. The van der Waals surface area contributed by atoms with E-state index in [2.05, 4.69) is 15.0 Å². The number of anilines is 1. The number of hydrogen-bond acceptors (Lipinski definition) is 5. The SMILES string of the molecule is Nc1ccc(-c2cccnc2)nc1CC(=O)N1Cc2cc(F)cnc2C1. The number of fused-ring (bicyclic) bond motifs is 1. The van der Waals surface area contributed by atoms with Crippen molar-refractivity contribution in [3.63, 3.8) is 0 Å².